The number of benzene rings is 8. The van der Waals surface area contributed by atoms with Crippen LogP contribution >= 0.6 is 0 Å². The zero-order chi connectivity index (χ0) is 46.5. The van der Waals surface area contributed by atoms with E-state index in [9.17, 15) is 0 Å². The van der Waals surface area contributed by atoms with Crippen LogP contribution in [0.1, 0.15) is 72.9 Å². The van der Waals surface area contributed by atoms with Crippen molar-refractivity contribution in [1.82, 2.24) is 0 Å². The average molecular weight is 925 g/mol. The maximum absolute atomic E-state index is 2.49. The molecule has 0 aromatic heterocycles. The largest absolute Gasteiger partial charge is 0.345 e. The van der Waals surface area contributed by atoms with Crippen LogP contribution in [0.2, 0.25) is 24.2 Å². The topological polar surface area (TPSA) is 6.48 Å². The number of nitrogens with zero attached hydrogens (tertiary/aromatic N) is 2. The molecular formula is C65H60N2Si2. The minimum absolute atomic E-state index is 0.0997. The zero-order valence-electron chi connectivity index (χ0n) is 40.5. The normalized spacial score (nSPS) is 17.6. The first-order valence-electron chi connectivity index (χ1n) is 25.5. The Hall–Kier alpha value is -6.73. The number of rotatable bonds is 6. The third-order valence-corrected chi connectivity index (χ3v) is 28.0. The molecule has 4 heterocycles. The second kappa shape index (κ2) is 16.2. The third kappa shape index (κ3) is 6.70. The van der Waals surface area contributed by atoms with Crippen LogP contribution in [0.4, 0.5) is 22.7 Å². The highest BCUT2D eigenvalue weighted by Crippen LogP contribution is 2.50. The first-order chi connectivity index (χ1) is 33.7. The van der Waals surface area contributed by atoms with Gasteiger partial charge in [-0.3, -0.25) is 0 Å². The number of hydrogen-bond acceptors (Lipinski definition) is 2. The average Bonchev–Trinajstić information content (AvgIpc) is 4.15. The van der Waals surface area contributed by atoms with Crippen LogP contribution in [0.25, 0.3) is 57.7 Å². The Morgan fingerprint density at radius 1 is 0.362 bits per heavy atom. The lowest BCUT2D eigenvalue weighted by Crippen LogP contribution is -2.61. The summed E-state index contributed by atoms with van der Waals surface area (Å²) < 4.78 is 0. The summed E-state index contributed by atoms with van der Waals surface area (Å²) in [6.07, 6.45) is 14.5. The maximum Gasteiger partial charge on any atom is 0.123 e. The monoisotopic (exact) mass is 924 g/mol. The molecule has 2 spiro atoms. The lowest BCUT2D eigenvalue weighted by atomic mass is 9.81. The second-order valence-corrected chi connectivity index (χ2v) is 29.8. The Morgan fingerprint density at radius 2 is 0.710 bits per heavy atom. The summed E-state index contributed by atoms with van der Waals surface area (Å²) in [6.45, 7) is 4.77. The van der Waals surface area contributed by atoms with E-state index in [1.165, 1.54) is 139 Å². The Balaban J connectivity index is 0.699. The van der Waals surface area contributed by atoms with Crippen LogP contribution in [0.5, 0.6) is 0 Å². The van der Waals surface area contributed by atoms with Gasteiger partial charge in [-0.15, -0.1) is 0 Å². The van der Waals surface area contributed by atoms with Crippen LogP contribution < -0.4 is 30.5 Å². The minimum Gasteiger partial charge on any atom is -0.345 e. The number of anilines is 4. The molecule has 5 aliphatic rings. The molecule has 1 aliphatic carbocycles. The fraction of sp³-hybridized carbons (Fsp3) is 0.200. The van der Waals surface area contributed by atoms with E-state index in [1.807, 2.05) is 0 Å². The highest BCUT2D eigenvalue weighted by atomic mass is 28.3. The summed E-state index contributed by atoms with van der Waals surface area (Å²) in [4.78, 5) is 4.90. The zero-order valence-corrected chi connectivity index (χ0v) is 42.5. The van der Waals surface area contributed by atoms with Crippen molar-refractivity contribution >= 4 is 83.9 Å². The van der Waals surface area contributed by atoms with Crippen molar-refractivity contribution in [3.05, 3.63) is 203 Å². The molecule has 0 N–H and O–H groups in total. The smallest absolute Gasteiger partial charge is 0.123 e. The van der Waals surface area contributed by atoms with Crippen LogP contribution in [0.3, 0.4) is 0 Å². The lowest BCUT2D eigenvalue weighted by molar-refractivity contribution is 0.660. The van der Waals surface area contributed by atoms with E-state index in [-0.39, 0.29) is 5.41 Å². The Morgan fingerprint density at radius 3 is 1.13 bits per heavy atom. The van der Waals surface area contributed by atoms with E-state index in [4.69, 9.17) is 0 Å². The first-order valence-corrected chi connectivity index (χ1v) is 30.4. The fourth-order valence-electron chi connectivity index (χ4n) is 13.7. The molecule has 0 unspecified atom stereocenters. The molecule has 13 rings (SSSR count). The number of para-hydroxylation sites is 2. The first kappa shape index (κ1) is 42.4. The standard InChI is InChI=1S/C65H60N2Si2/c1-65(2)55-41-47(19-17-45-21-27-49(28-22-45)51-31-35-63-59(43-51)66(3)57-13-5-7-15-61(57)68(63)37-9-10-38-68)25-33-53(55)54-34-26-48(42-56(54)65)20-18-46-23-29-50(30-24-46)52-32-36-64-60(44-52)67(4)58-14-6-8-16-62(58)69(64)39-11-12-40-69/h5-8,13-36,41-44H,9-12,37-40H2,1-4H3. The molecular weight excluding hydrogens is 865 g/mol. The molecule has 8 aromatic carbocycles. The third-order valence-electron chi connectivity index (χ3n) is 17.4. The van der Waals surface area contributed by atoms with Crippen molar-refractivity contribution in [2.45, 2.75) is 69.1 Å². The predicted molar refractivity (Wildman–Crippen MR) is 302 cm³/mol. The maximum atomic E-state index is 2.49. The molecule has 69 heavy (non-hydrogen) atoms. The molecule has 0 saturated carbocycles. The lowest BCUT2D eigenvalue weighted by Gasteiger charge is -2.41. The Labute approximate surface area is 411 Å². The highest BCUT2D eigenvalue weighted by Gasteiger charge is 2.48. The molecule has 338 valence electrons. The van der Waals surface area contributed by atoms with Crippen LogP contribution in [-0.4, -0.2) is 30.2 Å². The van der Waals surface area contributed by atoms with Crippen LogP contribution in [0, 0.1) is 0 Å². The Bertz CT molecular complexity index is 3170. The van der Waals surface area contributed by atoms with E-state index in [2.05, 4.69) is 232 Å². The van der Waals surface area contributed by atoms with E-state index >= 15 is 0 Å². The van der Waals surface area contributed by atoms with E-state index in [0.717, 1.165) is 0 Å². The molecule has 0 bridgehead atoms. The van der Waals surface area contributed by atoms with Gasteiger partial charge < -0.3 is 9.80 Å². The summed E-state index contributed by atoms with van der Waals surface area (Å²) in [5.41, 5.74) is 21.1. The molecule has 4 heteroatoms. The van der Waals surface area contributed by atoms with Crippen molar-refractivity contribution in [2.75, 3.05) is 23.9 Å². The predicted octanol–water partition coefficient (Wildman–Crippen LogP) is 14.5. The van der Waals surface area contributed by atoms with Gasteiger partial charge in [-0.1, -0.05) is 209 Å². The molecule has 2 fully saturated rings. The van der Waals surface area contributed by atoms with E-state index < -0.39 is 16.1 Å². The SMILES string of the molecule is CN1c2ccccc2[Si]2(CCCC2)c2ccc(-c3ccc(C=Cc4ccc5c(c4)C(C)(C)c4cc(C=Cc6ccc(-c7ccc8c(c7)N(C)c7ccccc7[Si]87CCCC7)cc6)ccc4-5)cc3)cc21. The van der Waals surface area contributed by atoms with Crippen molar-refractivity contribution in [3.8, 4) is 33.4 Å². The van der Waals surface area contributed by atoms with E-state index in [1.54, 1.807) is 20.7 Å². The van der Waals surface area contributed by atoms with Crippen LogP contribution in [0.15, 0.2) is 170 Å². The van der Waals surface area contributed by atoms with Gasteiger partial charge in [-0.25, -0.2) is 0 Å². The summed E-state index contributed by atoms with van der Waals surface area (Å²) in [5.74, 6) is 0. The van der Waals surface area contributed by atoms with Gasteiger partial charge in [-0.2, -0.15) is 0 Å². The number of hydrogen-bond donors (Lipinski definition) is 0. The summed E-state index contributed by atoms with van der Waals surface area (Å²) in [6, 6.07) is 71.0. The van der Waals surface area contributed by atoms with Gasteiger partial charge in [0.1, 0.15) is 16.1 Å². The molecule has 4 aliphatic heterocycles. The van der Waals surface area contributed by atoms with Gasteiger partial charge in [0.25, 0.3) is 0 Å². The van der Waals surface area contributed by atoms with Gasteiger partial charge in [0.2, 0.25) is 0 Å². The molecule has 0 atom stereocenters. The van der Waals surface area contributed by atoms with Gasteiger partial charge >= 0.3 is 0 Å². The summed E-state index contributed by atoms with van der Waals surface area (Å²) in [7, 11) is 1.11. The second-order valence-electron chi connectivity index (χ2n) is 21.3. The highest BCUT2D eigenvalue weighted by molar-refractivity contribution is 7.05. The van der Waals surface area contributed by atoms with Gasteiger partial charge in [0, 0.05) is 42.3 Å². The quantitative estimate of drug-likeness (QED) is 0.121. The Kier molecular flexibility index (Phi) is 9.94. The van der Waals surface area contributed by atoms with Crippen molar-refractivity contribution in [3.63, 3.8) is 0 Å². The van der Waals surface area contributed by atoms with Crippen LogP contribution in [-0.2, 0) is 5.41 Å². The fourth-order valence-corrected chi connectivity index (χ4v) is 24.9. The molecule has 0 radical (unpaired) electrons. The summed E-state index contributed by atoms with van der Waals surface area (Å²) >= 11 is 0. The molecule has 8 aromatic rings. The van der Waals surface area contributed by atoms with E-state index in [0.29, 0.717) is 0 Å². The van der Waals surface area contributed by atoms with Crippen molar-refractivity contribution in [2.24, 2.45) is 0 Å². The molecule has 0 amide bonds. The minimum atomic E-state index is -1.71. The van der Waals surface area contributed by atoms with Gasteiger partial charge in [0.15, 0.2) is 0 Å². The van der Waals surface area contributed by atoms with Gasteiger partial charge in [0.05, 0.1) is 0 Å². The number of fused-ring (bicyclic) bond motifs is 11. The molecule has 2 nitrogen and oxygen atoms in total. The van der Waals surface area contributed by atoms with Gasteiger partial charge in [-0.05, 0) is 136 Å². The summed E-state index contributed by atoms with van der Waals surface area (Å²) in [5, 5.41) is 6.57. The van der Waals surface area contributed by atoms with Crippen molar-refractivity contribution < 1.29 is 0 Å². The molecule has 2 saturated heterocycles. The van der Waals surface area contributed by atoms with Crippen molar-refractivity contribution in [1.29, 1.82) is 0 Å².